The highest BCUT2D eigenvalue weighted by Crippen LogP contribution is 2.28. The largest absolute Gasteiger partial charge is 0.466 e. The zero-order valence-corrected chi connectivity index (χ0v) is 14.6. The fourth-order valence-electron chi connectivity index (χ4n) is 2.34. The number of hydrogen-bond acceptors (Lipinski definition) is 6. The Kier molecular flexibility index (Phi) is 6.37. The van der Waals surface area contributed by atoms with Gasteiger partial charge in [-0.25, -0.2) is 9.86 Å². The fourth-order valence-corrected chi connectivity index (χ4v) is 2.34. The van der Waals surface area contributed by atoms with Gasteiger partial charge in [-0.3, -0.25) is 14.4 Å². The van der Waals surface area contributed by atoms with Crippen LogP contribution in [0, 0.1) is 11.8 Å². The van der Waals surface area contributed by atoms with Gasteiger partial charge in [-0.1, -0.05) is 0 Å². The lowest BCUT2D eigenvalue weighted by Gasteiger charge is -2.24. The molecule has 0 saturated carbocycles. The molecule has 0 aromatic rings. The molecule has 0 radical (unpaired) electrons. The van der Waals surface area contributed by atoms with Gasteiger partial charge in [-0.15, -0.1) is 0 Å². The van der Waals surface area contributed by atoms with Gasteiger partial charge < -0.3 is 14.4 Å². The molecule has 1 aliphatic rings. The van der Waals surface area contributed by atoms with Gasteiger partial charge in [0.05, 0.1) is 25.6 Å². The van der Waals surface area contributed by atoms with Gasteiger partial charge in [0.1, 0.15) is 5.60 Å². The minimum Gasteiger partial charge on any atom is -0.466 e. The van der Waals surface area contributed by atoms with Crippen LogP contribution in [0.25, 0.3) is 0 Å². The molecule has 0 aromatic heterocycles. The number of hydroxylamine groups is 2. The molecule has 1 heterocycles. The molecular weight excluding hydrogens is 304 g/mol. The molecule has 1 aliphatic heterocycles. The lowest BCUT2D eigenvalue weighted by atomic mass is 9.95. The average molecular weight is 330 g/mol. The molecule has 1 rings (SSSR count). The molecule has 8 heteroatoms. The summed E-state index contributed by atoms with van der Waals surface area (Å²) >= 11 is 0. The monoisotopic (exact) mass is 330 g/mol. The Morgan fingerprint density at radius 2 is 1.74 bits per heavy atom. The van der Waals surface area contributed by atoms with E-state index in [0.29, 0.717) is 0 Å². The number of carbonyl (C=O) groups excluding carboxylic acids is 3. The van der Waals surface area contributed by atoms with E-state index in [0.717, 1.165) is 5.06 Å². The highest BCUT2D eigenvalue weighted by molar-refractivity contribution is 5.87. The second kappa shape index (κ2) is 7.63. The van der Waals surface area contributed by atoms with Crippen LogP contribution in [-0.4, -0.2) is 67.4 Å². The zero-order valence-electron chi connectivity index (χ0n) is 14.6. The third-order valence-electron chi connectivity index (χ3n) is 3.46. The van der Waals surface area contributed by atoms with Crippen LogP contribution in [0.1, 0.15) is 27.7 Å². The molecule has 8 nitrogen and oxygen atoms in total. The lowest BCUT2D eigenvalue weighted by Crippen LogP contribution is -2.39. The average Bonchev–Trinajstić information content (AvgIpc) is 2.89. The Bertz CT molecular complexity index is 459. The van der Waals surface area contributed by atoms with Crippen molar-refractivity contribution in [3.63, 3.8) is 0 Å². The summed E-state index contributed by atoms with van der Waals surface area (Å²) in [4.78, 5) is 42.9. The van der Waals surface area contributed by atoms with Gasteiger partial charge in [0.15, 0.2) is 0 Å². The Morgan fingerprint density at radius 1 is 1.17 bits per heavy atom. The highest BCUT2D eigenvalue weighted by Gasteiger charge is 2.46. The Hall–Kier alpha value is -1.83. The van der Waals surface area contributed by atoms with Gasteiger partial charge in [0.2, 0.25) is 0 Å². The molecule has 0 aliphatic carbocycles. The molecule has 1 fully saturated rings. The maximum absolute atomic E-state index is 12.4. The van der Waals surface area contributed by atoms with Gasteiger partial charge in [0, 0.05) is 20.1 Å². The first-order chi connectivity index (χ1) is 10.6. The third-order valence-corrected chi connectivity index (χ3v) is 3.46. The van der Waals surface area contributed by atoms with E-state index < -0.39 is 29.5 Å². The molecule has 0 unspecified atom stereocenters. The van der Waals surface area contributed by atoms with Gasteiger partial charge in [-0.2, -0.15) is 0 Å². The zero-order chi connectivity index (χ0) is 17.8. The van der Waals surface area contributed by atoms with E-state index in [1.54, 1.807) is 27.7 Å². The molecule has 0 spiro atoms. The summed E-state index contributed by atoms with van der Waals surface area (Å²) in [6.07, 6.45) is -0.554. The number of likely N-dealkylation sites (tertiary alicyclic amines) is 1. The van der Waals surface area contributed by atoms with Crippen LogP contribution in [0.2, 0.25) is 0 Å². The van der Waals surface area contributed by atoms with E-state index in [1.165, 1.54) is 19.1 Å². The van der Waals surface area contributed by atoms with E-state index in [-0.39, 0.29) is 25.6 Å². The summed E-state index contributed by atoms with van der Waals surface area (Å²) < 4.78 is 10.3. The predicted molar refractivity (Wildman–Crippen MR) is 81.2 cm³/mol. The van der Waals surface area contributed by atoms with Crippen LogP contribution in [0.4, 0.5) is 4.79 Å². The number of nitrogens with zero attached hydrogens (tertiary/aromatic N) is 2. The summed E-state index contributed by atoms with van der Waals surface area (Å²) in [6.45, 7) is 7.34. The molecule has 2 atom stereocenters. The number of esters is 1. The molecule has 132 valence electrons. The Morgan fingerprint density at radius 3 is 2.22 bits per heavy atom. The molecule has 0 bridgehead atoms. The van der Waals surface area contributed by atoms with Crippen molar-refractivity contribution in [1.29, 1.82) is 0 Å². The van der Waals surface area contributed by atoms with Crippen LogP contribution in [-0.2, 0) is 23.9 Å². The Balaban J connectivity index is 2.91. The number of ether oxygens (including phenoxy) is 2. The van der Waals surface area contributed by atoms with E-state index >= 15 is 0 Å². The normalized spacial score (nSPS) is 21.0. The maximum atomic E-state index is 12.4. The molecule has 0 N–H and O–H groups in total. The third kappa shape index (κ3) is 5.09. The standard InChI is InChI=1S/C15H26N2O6/c1-7-22-13(19)11-9-17(14(20)23-15(2,3)4)8-10(11)12(18)16(5)21-6/h10-11H,7-9H2,1-6H3/t10-,11-/m0/s1. The maximum Gasteiger partial charge on any atom is 0.410 e. The second-order valence-corrected chi connectivity index (χ2v) is 6.37. The van der Waals surface area contributed by atoms with Gasteiger partial charge in [-0.05, 0) is 27.7 Å². The van der Waals surface area contributed by atoms with Crippen molar-refractivity contribution in [2.75, 3.05) is 33.9 Å². The highest BCUT2D eigenvalue weighted by atomic mass is 16.7. The van der Waals surface area contributed by atoms with E-state index in [4.69, 9.17) is 14.3 Å². The summed E-state index contributed by atoms with van der Waals surface area (Å²) in [7, 11) is 2.82. The SMILES string of the molecule is CCOC(=O)[C@H]1CN(C(=O)OC(C)(C)C)C[C@@H]1C(=O)N(C)OC. The first-order valence-electron chi connectivity index (χ1n) is 7.57. The van der Waals surface area contributed by atoms with Crippen molar-refractivity contribution < 1.29 is 28.7 Å². The number of amides is 2. The number of hydrogen-bond donors (Lipinski definition) is 0. The molecule has 1 saturated heterocycles. The topological polar surface area (TPSA) is 85.4 Å². The quantitative estimate of drug-likeness (QED) is 0.566. The van der Waals surface area contributed by atoms with Crippen molar-refractivity contribution >= 4 is 18.0 Å². The first kappa shape index (κ1) is 19.2. The minimum absolute atomic E-state index is 0.0850. The number of rotatable bonds is 4. The summed E-state index contributed by atoms with van der Waals surface area (Å²) in [5.41, 5.74) is -0.651. The van der Waals surface area contributed by atoms with Crippen molar-refractivity contribution in [2.24, 2.45) is 11.8 Å². The van der Waals surface area contributed by atoms with E-state index in [1.807, 2.05) is 0 Å². The van der Waals surface area contributed by atoms with E-state index in [9.17, 15) is 14.4 Å². The smallest absolute Gasteiger partial charge is 0.410 e. The first-order valence-corrected chi connectivity index (χ1v) is 7.57. The molecule has 2 amide bonds. The summed E-state index contributed by atoms with van der Waals surface area (Å²) in [5, 5.41) is 1.05. The van der Waals surface area contributed by atoms with Gasteiger partial charge in [0.25, 0.3) is 5.91 Å². The predicted octanol–water partition coefficient (Wildman–Crippen LogP) is 1.05. The molecular formula is C15H26N2O6. The van der Waals surface area contributed by atoms with Crippen LogP contribution in [0.5, 0.6) is 0 Å². The molecule has 0 aromatic carbocycles. The van der Waals surface area contributed by atoms with Gasteiger partial charge >= 0.3 is 12.1 Å². The van der Waals surface area contributed by atoms with Crippen LogP contribution < -0.4 is 0 Å². The van der Waals surface area contributed by atoms with Crippen LogP contribution in [0.3, 0.4) is 0 Å². The summed E-state index contributed by atoms with van der Waals surface area (Å²) in [6, 6.07) is 0. The summed E-state index contributed by atoms with van der Waals surface area (Å²) in [5.74, 6) is -2.32. The van der Waals surface area contributed by atoms with Crippen molar-refractivity contribution in [3.8, 4) is 0 Å². The van der Waals surface area contributed by atoms with Crippen molar-refractivity contribution in [3.05, 3.63) is 0 Å². The minimum atomic E-state index is -0.729. The number of carbonyl (C=O) groups is 3. The lowest BCUT2D eigenvalue weighted by molar-refractivity contribution is -0.176. The van der Waals surface area contributed by atoms with Crippen LogP contribution in [0.15, 0.2) is 0 Å². The second-order valence-electron chi connectivity index (χ2n) is 6.37. The fraction of sp³-hybridized carbons (Fsp3) is 0.800. The van der Waals surface area contributed by atoms with Crippen LogP contribution >= 0.6 is 0 Å². The van der Waals surface area contributed by atoms with E-state index in [2.05, 4.69) is 0 Å². The van der Waals surface area contributed by atoms with Crippen molar-refractivity contribution in [2.45, 2.75) is 33.3 Å². The Labute approximate surface area is 136 Å². The van der Waals surface area contributed by atoms with Crippen molar-refractivity contribution in [1.82, 2.24) is 9.96 Å². The molecule has 23 heavy (non-hydrogen) atoms.